The molecule has 9 heteroatoms. The SMILES string of the molecule is CCCc1nc(Cn2nnc(C(=O)O)c2CCOC)no1. The number of aryl methyl sites for hydroxylation is 1. The highest BCUT2D eigenvalue weighted by molar-refractivity contribution is 5.86. The summed E-state index contributed by atoms with van der Waals surface area (Å²) in [6.45, 7) is 2.61. The van der Waals surface area contributed by atoms with Crippen LogP contribution in [0.2, 0.25) is 0 Å². The van der Waals surface area contributed by atoms with Crippen molar-refractivity contribution in [3.8, 4) is 0 Å². The Labute approximate surface area is 120 Å². The van der Waals surface area contributed by atoms with Gasteiger partial charge in [-0.1, -0.05) is 17.3 Å². The van der Waals surface area contributed by atoms with E-state index in [1.165, 1.54) is 4.68 Å². The zero-order valence-corrected chi connectivity index (χ0v) is 11.9. The maximum atomic E-state index is 11.1. The molecule has 21 heavy (non-hydrogen) atoms. The van der Waals surface area contributed by atoms with Gasteiger partial charge in [0.25, 0.3) is 0 Å². The molecule has 0 aliphatic rings. The lowest BCUT2D eigenvalue weighted by Gasteiger charge is -2.04. The average molecular weight is 295 g/mol. The molecule has 0 aliphatic carbocycles. The fraction of sp³-hybridized carbons (Fsp3) is 0.583. The molecule has 0 atom stereocenters. The van der Waals surface area contributed by atoms with Gasteiger partial charge in [0.05, 0.1) is 12.3 Å². The second-order valence-corrected chi connectivity index (χ2v) is 4.44. The smallest absolute Gasteiger partial charge is 0.358 e. The Morgan fingerprint density at radius 1 is 1.43 bits per heavy atom. The minimum atomic E-state index is -1.12. The van der Waals surface area contributed by atoms with Gasteiger partial charge in [-0.25, -0.2) is 9.48 Å². The molecule has 0 spiro atoms. The number of aromatic carboxylic acids is 1. The van der Waals surface area contributed by atoms with E-state index in [-0.39, 0.29) is 12.2 Å². The lowest BCUT2D eigenvalue weighted by molar-refractivity contribution is 0.0688. The first-order chi connectivity index (χ1) is 10.2. The quantitative estimate of drug-likeness (QED) is 0.750. The first kappa shape index (κ1) is 15.1. The van der Waals surface area contributed by atoms with Crippen LogP contribution in [-0.4, -0.2) is 49.9 Å². The Hall–Kier alpha value is -2.29. The predicted octanol–water partition coefficient (Wildman–Crippen LogP) is 0.549. The molecule has 2 heterocycles. The Bertz CT molecular complexity index is 607. The van der Waals surface area contributed by atoms with E-state index in [0.717, 1.165) is 6.42 Å². The molecule has 9 nitrogen and oxygen atoms in total. The molecule has 0 fully saturated rings. The third kappa shape index (κ3) is 3.63. The van der Waals surface area contributed by atoms with E-state index >= 15 is 0 Å². The van der Waals surface area contributed by atoms with E-state index in [1.807, 2.05) is 6.92 Å². The normalized spacial score (nSPS) is 11.0. The first-order valence-electron chi connectivity index (χ1n) is 6.61. The number of ether oxygens (including phenoxy) is 1. The van der Waals surface area contributed by atoms with Crippen LogP contribution in [0.1, 0.15) is 41.2 Å². The third-order valence-corrected chi connectivity index (χ3v) is 2.85. The number of carbonyl (C=O) groups is 1. The highest BCUT2D eigenvalue weighted by Crippen LogP contribution is 2.10. The summed E-state index contributed by atoms with van der Waals surface area (Å²) in [5.41, 5.74) is 0.399. The van der Waals surface area contributed by atoms with Crippen LogP contribution < -0.4 is 0 Å². The van der Waals surface area contributed by atoms with Gasteiger partial charge in [0.2, 0.25) is 5.89 Å². The van der Waals surface area contributed by atoms with Crippen LogP contribution in [0.25, 0.3) is 0 Å². The van der Waals surface area contributed by atoms with Crippen molar-refractivity contribution in [2.24, 2.45) is 0 Å². The molecule has 0 amide bonds. The molecule has 114 valence electrons. The minimum Gasteiger partial charge on any atom is -0.476 e. The van der Waals surface area contributed by atoms with E-state index in [4.69, 9.17) is 14.4 Å². The third-order valence-electron chi connectivity index (χ3n) is 2.85. The van der Waals surface area contributed by atoms with Gasteiger partial charge in [-0.15, -0.1) is 5.10 Å². The van der Waals surface area contributed by atoms with Gasteiger partial charge >= 0.3 is 5.97 Å². The van der Waals surface area contributed by atoms with Gasteiger partial charge in [0.15, 0.2) is 11.5 Å². The molecule has 0 bridgehead atoms. The second-order valence-electron chi connectivity index (χ2n) is 4.44. The number of carboxylic acids is 1. The monoisotopic (exact) mass is 295 g/mol. The van der Waals surface area contributed by atoms with Gasteiger partial charge in [0.1, 0.15) is 6.54 Å². The summed E-state index contributed by atoms with van der Waals surface area (Å²) in [4.78, 5) is 15.4. The van der Waals surface area contributed by atoms with Crippen molar-refractivity contribution in [1.82, 2.24) is 25.1 Å². The summed E-state index contributed by atoms with van der Waals surface area (Å²) < 4.78 is 11.5. The lowest BCUT2D eigenvalue weighted by Crippen LogP contribution is -2.12. The van der Waals surface area contributed by atoms with Crippen LogP contribution in [0.4, 0.5) is 0 Å². The maximum Gasteiger partial charge on any atom is 0.358 e. The number of aromatic nitrogens is 5. The standard InChI is InChI=1S/C12H17N5O4/c1-3-4-10-13-9(15-21-10)7-17-8(5-6-20-2)11(12(18)19)14-16-17/h3-7H2,1-2H3,(H,18,19). The zero-order valence-electron chi connectivity index (χ0n) is 11.9. The molecule has 0 radical (unpaired) electrons. The van der Waals surface area contributed by atoms with E-state index in [0.29, 0.717) is 36.9 Å². The van der Waals surface area contributed by atoms with Crippen LogP contribution in [-0.2, 0) is 24.1 Å². The Kier molecular flexibility index (Phi) is 4.99. The molecule has 2 aromatic heterocycles. The zero-order chi connectivity index (χ0) is 15.2. The molecule has 0 saturated carbocycles. The van der Waals surface area contributed by atoms with Crippen molar-refractivity contribution in [1.29, 1.82) is 0 Å². The van der Waals surface area contributed by atoms with E-state index in [2.05, 4.69) is 20.5 Å². The molecule has 0 unspecified atom stereocenters. The van der Waals surface area contributed by atoms with Crippen molar-refractivity contribution in [3.63, 3.8) is 0 Å². The number of methoxy groups -OCH3 is 1. The van der Waals surface area contributed by atoms with Crippen LogP contribution in [0.15, 0.2) is 4.52 Å². The summed E-state index contributed by atoms with van der Waals surface area (Å²) in [5.74, 6) is -0.115. The highest BCUT2D eigenvalue weighted by Gasteiger charge is 2.20. The number of rotatable bonds is 8. The van der Waals surface area contributed by atoms with Crippen molar-refractivity contribution in [3.05, 3.63) is 23.1 Å². The van der Waals surface area contributed by atoms with Crippen LogP contribution in [0.3, 0.4) is 0 Å². The largest absolute Gasteiger partial charge is 0.476 e. The maximum absolute atomic E-state index is 11.1. The summed E-state index contributed by atoms with van der Waals surface area (Å²) in [6, 6.07) is 0. The Morgan fingerprint density at radius 3 is 2.90 bits per heavy atom. The van der Waals surface area contributed by atoms with Gasteiger partial charge in [-0.2, -0.15) is 4.98 Å². The average Bonchev–Trinajstić information content (AvgIpc) is 3.05. The molecule has 2 rings (SSSR count). The molecule has 0 aliphatic heterocycles. The number of carboxylic acid groups (broad SMARTS) is 1. The van der Waals surface area contributed by atoms with Gasteiger partial charge in [0, 0.05) is 20.0 Å². The fourth-order valence-electron chi connectivity index (χ4n) is 1.88. The summed E-state index contributed by atoms with van der Waals surface area (Å²) in [7, 11) is 1.55. The van der Waals surface area contributed by atoms with Gasteiger partial charge in [-0.3, -0.25) is 0 Å². The van der Waals surface area contributed by atoms with E-state index < -0.39 is 5.97 Å². The van der Waals surface area contributed by atoms with Crippen LogP contribution in [0, 0.1) is 0 Å². The lowest BCUT2D eigenvalue weighted by atomic mass is 10.2. The fourth-order valence-corrected chi connectivity index (χ4v) is 1.88. The van der Waals surface area contributed by atoms with Crippen LogP contribution >= 0.6 is 0 Å². The molecule has 0 aromatic carbocycles. The van der Waals surface area contributed by atoms with Crippen molar-refractivity contribution >= 4 is 5.97 Å². The summed E-state index contributed by atoms with van der Waals surface area (Å²) in [5, 5.41) is 20.5. The Morgan fingerprint density at radius 2 is 2.24 bits per heavy atom. The Balaban J connectivity index is 2.19. The second kappa shape index (κ2) is 6.93. The van der Waals surface area contributed by atoms with Gasteiger partial charge in [-0.05, 0) is 6.42 Å². The molecule has 2 aromatic rings. The highest BCUT2D eigenvalue weighted by atomic mass is 16.5. The molecular weight excluding hydrogens is 278 g/mol. The van der Waals surface area contributed by atoms with Crippen molar-refractivity contribution < 1.29 is 19.2 Å². The predicted molar refractivity (Wildman–Crippen MR) is 70.0 cm³/mol. The van der Waals surface area contributed by atoms with Crippen molar-refractivity contribution in [2.75, 3.05) is 13.7 Å². The van der Waals surface area contributed by atoms with Gasteiger partial charge < -0.3 is 14.4 Å². The van der Waals surface area contributed by atoms with Crippen molar-refractivity contribution in [2.45, 2.75) is 32.7 Å². The number of hydrogen-bond donors (Lipinski definition) is 1. The minimum absolute atomic E-state index is 0.0793. The van der Waals surface area contributed by atoms with E-state index in [9.17, 15) is 4.79 Å². The first-order valence-corrected chi connectivity index (χ1v) is 6.61. The summed E-state index contributed by atoms with van der Waals surface area (Å²) in [6.07, 6.45) is 2.01. The summed E-state index contributed by atoms with van der Waals surface area (Å²) >= 11 is 0. The number of hydrogen-bond acceptors (Lipinski definition) is 7. The van der Waals surface area contributed by atoms with Crippen LogP contribution in [0.5, 0.6) is 0 Å². The van der Waals surface area contributed by atoms with E-state index in [1.54, 1.807) is 7.11 Å². The molecular formula is C12H17N5O4. The topological polar surface area (TPSA) is 116 Å². The molecule has 1 N–H and O–H groups in total. The number of nitrogens with zero attached hydrogens (tertiary/aromatic N) is 5. The molecule has 0 saturated heterocycles.